The molecule has 1 N–H and O–H groups in total. The minimum absolute atomic E-state index is 0.0694. The smallest absolute Gasteiger partial charge is 0.223 e. The number of hydrogen-bond donors (Lipinski definition) is 1. The van der Waals surface area contributed by atoms with E-state index in [0.29, 0.717) is 24.7 Å². The van der Waals surface area contributed by atoms with E-state index < -0.39 is 0 Å². The van der Waals surface area contributed by atoms with Crippen molar-refractivity contribution in [3.8, 4) is 0 Å². The summed E-state index contributed by atoms with van der Waals surface area (Å²) in [4.78, 5) is 32.4. The molecule has 130 valence electrons. The second-order valence-electron chi connectivity index (χ2n) is 7.79. The van der Waals surface area contributed by atoms with Crippen molar-refractivity contribution < 1.29 is 9.59 Å². The molecular formula is C19H27N3O2. The van der Waals surface area contributed by atoms with E-state index in [-0.39, 0.29) is 11.4 Å². The number of nitrogens with one attached hydrogen (secondary N) is 1. The Labute approximate surface area is 143 Å². The van der Waals surface area contributed by atoms with E-state index in [9.17, 15) is 9.59 Å². The molecular weight excluding hydrogens is 302 g/mol. The SMILES string of the molecule is O=C(CCc1ccc[nH]1)N1CCCC2(CCC(=O)N2CC2CC2)C1. The van der Waals surface area contributed by atoms with E-state index in [2.05, 4.69) is 9.88 Å². The van der Waals surface area contributed by atoms with E-state index in [1.807, 2.05) is 23.2 Å². The van der Waals surface area contributed by atoms with Gasteiger partial charge in [0.1, 0.15) is 0 Å². The number of amides is 2. The molecule has 3 heterocycles. The summed E-state index contributed by atoms with van der Waals surface area (Å²) in [5, 5.41) is 0. The normalized spacial score (nSPS) is 27.2. The molecule has 1 aromatic rings. The average molecular weight is 329 g/mol. The standard InChI is InChI=1S/C19H27N3O2/c23-17(7-6-16-3-1-11-20-16)21-12-2-9-19(14-21)10-8-18(24)22(19)13-15-4-5-15/h1,3,11,15,20H,2,4-10,12-14H2. The predicted octanol–water partition coefficient (Wildman–Crippen LogP) is 2.34. The van der Waals surface area contributed by atoms with Crippen molar-refractivity contribution >= 4 is 11.8 Å². The van der Waals surface area contributed by atoms with Gasteiger partial charge >= 0.3 is 0 Å². The topological polar surface area (TPSA) is 56.4 Å². The minimum Gasteiger partial charge on any atom is -0.365 e. The zero-order chi connectivity index (χ0) is 16.6. The molecule has 2 amide bonds. The minimum atomic E-state index is -0.0694. The number of H-pyrrole nitrogens is 1. The van der Waals surface area contributed by atoms with Crippen LogP contribution in [0.3, 0.4) is 0 Å². The Balaban J connectivity index is 1.40. The van der Waals surface area contributed by atoms with Gasteiger partial charge in [-0.15, -0.1) is 0 Å². The quantitative estimate of drug-likeness (QED) is 0.901. The molecule has 4 rings (SSSR count). The van der Waals surface area contributed by atoms with Gasteiger partial charge in [0, 0.05) is 44.4 Å². The van der Waals surface area contributed by atoms with Crippen molar-refractivity contribution in [3.63, 3.8) is 0 Å². The van der Waals surface area contributed by atoms with Gasteiger partial charge in [-0.2, -0.15) is 0 Å². The fourth-order valence-corrected chi connectivity index (χ4v) is 4.40. The lowest BCUT2D eigenvalue weighted by Crippen LogP contribution is -2.58. The Bertz CT molecular complexity index is 608. The molecule has 0 radical (unpaired) electrons. The van der Waals surface area contributed by atoms with Crippen LogP contribution in [0.1, 0.15) is 50.6 Å². The monoisotopic (exact) mass is 329 g/mol. The van der Waals surface area contributed by atoms with Gasteiger partial charge in [0.2, 0.25) is 11.8 Å². The summed E-state index contributed by atoms with van der Waals surface area (Å²) >= 11 is 0. The van der Waals surface area contributed by atoms with Crippen LogP contribution in [0.5, 0.6) is 0 Å². The molecule has 3 fully saturated rings. The zero-order valence-corrected chi connectivity index (χ0v) is 14.3. The maximum atomic E-state index is 12.7. The van der Waals surface area contributed by atoms with E-state index in [1.54, 1.807) is 0 Å². The summed E-state index contributed by atoms with van der Waals surface area (Å²) in [6, 6.07) is 3.99. The first-order chi connectivity index (χ1) is 11.7. The van der Waals surface area contributed by atoms with Gasteiger partial charge in [-0.1, -0.05) is 0 Å². The molecule has 1 unspecified atom stereocenters. The van der Waals surface area contributed by atoms with Crippen LogP contribution in [0.25, 0.3) is 0 Å². The van der Waals surface area contributed by atoms with Gasteiger partial charge < -0.3 is 14.8 Å². The molecule has 1 saturated carbocycles. The molecule has 3 aliphatic rings. The lowest BCUT2D eigenvalue weighted by Gasteiger charge is -2.46. The average Bonchev–Trinajstić information content (AvgIpc) is 3.18. The van der Waals surface area contributed by atoms with Crippen molar-refractivity contribution in [2.45, 2.75) is 56.9 Å². The Morgan fingerprint density at radius 3 is 2.96 bits per heavy atom. The van der Waals surface area contributed by atoms with Gasteiger partial charge in [-0.3, -0.25) is 9.59 Å². The molecule has 1 atom stereocenters. The summed E-state index contributed by atoms with van der Waals surface area (Å²) in [5.74, 6) is 1.25. The van der Waals surface area contributed by atoms with E-state index in [1.165, 1.54) is 12.8 Å². The van der Waals surface area contributed by atoms with Gasteiger partial charge in [0.25, 0.3) is 0 Å². The number of aromatic amines is 1. The largest absolute Gasteiger partial charge is 0.365 e. The number of carbonyl (C=O) groups is 2. The van der Waals surface area contributed by atoms with Crippen LogP contribution in [0.2, 0.25) is 0 Å². The highest BCUT2D eigenvalue weighted by molar-refractivity contribution is 5.81. The predicted molar refractivity (Wildman–Crippen MR) is 91.3 cm³/mol. The molecule has 5 heteroatoms. The number of aromatic nitrogens is 1. The van der Waals surface area contributed by atoms with E-state index >= 15 is 0 Å². The van der Waals surface area contributed by atoms with Crippen molar-refractivity contribution in [2.75, 3.05) is 19.6 Å². The van der Waals surface area contributed by atoms with Gasteiger partial charge in [0.05, 0.1) is 5.54 Å². The second-order valence-corrected chi connectivity index (χ2v) is 7.79. The number of likely N-dealkylation sites (tertiary alicyclic amines) is 2. The number of hydrogen-bond acceptors (Lipinski definition) is 2. The Morgan fingerprint density at radius 1 is 1.33 bits per heavy atom. The number of aryl methyl sites for hydroxylation is 1. The molecule has 5 nitrogen and oxygen atoms in total. The summed E-state index contributed by atoms with van der Waals surface area (Å²) in [6.45, 7) is 2.51. The summed E-state index contributed by atoms with van der Waals surface area (Å²) in [7, 11) is 0. The van der Waals surface area contributed by atoms with Crippen LogP contribution in [0, 0.1) is 5.92 Å². The molecule has 1 aromatic heterocycles. The van der Waals surface area contributed by atoms with Crippen LogP contribution in [-0.4, -0.2) is 51.8 Å². The number of rotatable bonds is 5. The summed E-state index contributed by atoms with van der Waals surface area (Å²) < 4.78 is 0. The molecule has 1 spiro atoms. The zero-order valence-electron chi connectivity index (χ0n) is 14.3. The lowest BCUT2D eigenvalue weighted by molar-refractivity contribution is -0.140. The summed E-state index contributed by atoms with van der Waals surface area (Å²) in [6.07, 6.45) is 9.41. The van der Waals surface area contributed by atoms with Gasteiger partial charge in [-0.25, -0.2) is 0 Å². The molecule has 24 heavy (non-hydrogen) atoms. The molecule has 2 aliphatic heterocycles. The van der Waals surface area contributed by atoms with Crippen LogP contribution < -0.4 is 0 Å². The maximum Gasteiger partial charge on any atom is 0.223 e. The molecule has 2 saturated heterocycles. The van der Waals surface area contributed by atoms with Crippen LogP contribution in [-0.2, 0) is 16.0 Å². The Hall–Kier alpha value is -1.78. The first-order valence-electron chi connectivity index (χ1n) is 9.37. The second kappa shape index (κ2) is 6.26. The highest BCUT2D eigenvalue weighted by Crippen LogP contribution is 2.41. The van der Waals surface area contributed by atoms with Crippen molar-refractivity contribution in [1.82, 2.24) is 14.8 Å². The first-order valence-corrected chi connectivity index (χ1v) is 9.37. The Morgan fingerprint density at radius 2 is 2.21 bits per heavy atom. The fraction of sp³-hybridized carbons (Fsp3) is 0.684. The van der Waals surface area contributed by atoms with E-state index in [0.717, 1.165) is 51.0 Å². The number of piperidine rings is 1. The third kappa shape index (κ3) is 3.08. The fourth-order valence-electron chi connectivity index (χ4n) is 4.40. The van der Waals surface area contributed by atoms with Crippen LogP contribution in [0.15, 0.2) is 18.3 Å². The summed E-state index contributed by atoms with van der Waals surface area (Å²) in [5.41, 5.74) is 1.04. The van der Waals surface area contributed by atoms with Crippen molar-refractivity contribution in [3.05, 3.63) is 24.0 Å². The highest BCUT2D eigenvalue weighted by Gasteiger charge is 2.49. The lowest BCUT2D eigenvalue weighted by atomic mass is 9.86. The van der Waals surface area contributed by atoms with Gasteiger partial charge in [0.15, 0.2) is 0 Å². The molecule has 0 aromatic carbocycles. The van der Waals surface area contributed by atoms with E-state index in [4.69, 9.17) is 0 Å². The third-order valence-corrected chi connectivity index (χ3v) is 5.99. The maximum absolute atomic E-state index is 12.7. The first kappa shape index (κ1) is 15.7. The molecule has 0 bridgehead atoms. The van der Waals surface area contributed by atoms with Crippen molar-refractivity contribution in [2.24, 2.45) is 5.92 Å². The Kier molecular flexibility index (Phi) is 4.10. The van der Waals surface area contributed by atoms with Crippen LogP contribution in [0.4, 0.5) is 0 Å². The highest BCUT2D eigenvalue weighted by atomic mass is 16.2. The third-order valence-electron chi connectivity index (χ3n) is 5.99. The molecule has 1 aliphatic carbocycles. The van der Waals surface area contributed by atoms with Crippen LogP contribution >= 0.6 is 0 Å². The number of nitrogens with zero attached hydrogens (tertiary/aromatic N) is 2. The number of carbonyl (C=O) groups excluding carboxylic acids is 2. The van der Waals surface area contributed by atoms with Gasteiger partial charge in [-0.05, 0) is 56.6 Å². The van der Waals surface area contributed by atoms with Crippen molar-refractivity contribution in [1.29, 1.82) is 0 Å².